The minimum atomic E-state index is -0.796. The van der Waals surface area contributed by atoms with E-state index in [0.29, 0.717) is 18.7 Å². The summed E-state index contributed by atoms with van der Waals surface area (Å²) in [6, 6.07) is 4.74. The highest BCUT2D eigenvalue weighted by Gasteiger charge is 2.28. The molecule has 1 aromatic carbocycles. The Morgan fingerprint density at radius 2 is 1.92 bits per heavy atom. The van der Waals surface area contributed by atoms with Crippen LogP contribution in [0.1, 0.15) is 69.8 Å². The molecule has 0 bridgehead atoms. The van der Waals surface area contributed by atoms with Crippen molar-refractivity contribution >= 4 is 30.0 Å². The Balaban J connectivity index is 1.65. The Hall–Kier alpha value is -2.89. The van der Waals surface area contributed by atoms with E-state index in [1.165, 1.54) is 50.6 Å². The third kappa shape index (κ3) is 9.08. The summed E-state index contributed by atoms with van der Waals surface area (Å²) in [5.41, 5.74) is 2.06. The van der Waals surface area contributed by atoms with Gasteiger partial charge in [0.2, 0.25) is 12.3 Å². The monoisotopic (exact) mass is 538 g/mol. The average molecular weight is 539 g/mol. The lowest BCUT2D eigenvalue weighted by atomic mass is 9.89. The van der Waals surface area contributed by atoms with Crippen LogP contribution in [0.4, 0.5) is 11.4 Å². The summed E-state index contributed by atoms with van der Waals surface area (Å²) >= 11 is 0. The van der Waals surface area contributed by atoms with Gasteiger partial charge in [0, 0.05) is 40.7 Å². The molecule has 1 N–H and O–H groups in total. The van der Waals surface area contributed by atoms with Crippen molar-refractivity contribution in [3.05, 3.63) is 23.8 Å². The van der Waals surface area contributed by atoms with Crippen LogP contribution in [0.15, 0.2) is 18.2 Å². The van der Waals surface area contributed by atoms with Gasteiger partial charge in [0.05, 0.1) is 23.0 Å². The van der Waals surface area contributed by atoms with Gasteiger partial charge in [0.25, 0.3) is 0 Å². The number of likely N-dealkylation sites (tertiary alicyclic amines) is 1. The van der Waals surface area contributed by atoms with Crippen molar-refractivity contribution in [2.75, 3.05) is 57.2 Å². The van der Waals surface area contributed by atoms with Gasteiger partial charge >= 0.3 is 0 Å². The van der Waals surface area contributed by atoms with Crippen LogP contribution in [0.25, 0.3) is 0 Å². The molecule has 1 saturated heterocycles. The van der Waals surface area contributed by atoms with E-state index in [4.69, 9.17) is 4.74 Å². The fourth-order valence-corrected chi connectivity index (χ4v) is 5.90. The number of hydrogen-bond donors (Lipinski definition) is 1. The summed E-state index contributed by atoms with van der Waals surface area (Å²) in [6.45, 7) is 3.85. The maximum Gasteiger partial charge on any atom is 0.242 e. The predicted octanol–water partition coefficient (Wildman–Crippen LogP) is 3.61. The van der Waals surface area contributed by atoms with Crippen molar-refractivity contribution in [1.82, 2.24) is 10.2 Å². The van der Waals surface area contributed by atoms with Gasteiger partial charge in [0.15, 0.2) is 0 Å². The van der Waals surface area contributed by atoms with Gasteiger partial charge < -0.3 is 29.5 Å². The van der Waals surface area contributed by atoms with Crippen molar-refractivity contribution in [3.8, 4) is 11.8 Å². The molecule has 8 nitrogen and oxygen atoms in total. The molecule has 0 aromatic heterocycles. The largest absolute Gasteiger partial charge is 0.375 e. The second-order valence-electron chi connectivity index (χ2n) is 10.9. The number of rotatable bonds is 12. The van der Waals surface area contributed by atoms with Crippen molar-refractivity contribution in [1.29, 1.82) is 0 Å². The number of carbonyl (C=O) groups is 3. The highest BCUT2D eigenvalue weighted by molar-refractivity contribution is 5.96. The first-order valence-corrected chi connectivity index (χ1v) is 14.5. The fraction of sp³-hybridized carbons (Fsp3) is 0.645. The lowest BCUT2D eigenvalue weighted by molar-refractivity contribution is -0.123. The van der Waals surface area contributed by atoms with E-state index in [1.807, 2.05) is 31.1 Å². The molecule has 1 aromatic rings. The summed E-state index contributed by atoms with van der Waals surface area (Å²) in [5, 5.41) is 2.61. The van der Waals surface area contributed by atoms with Gasteiger partial charge in [0.1, 0.15) is 18.9 Å². The Morgan fingerprint density at radius 3 is 2.62 bits per heavy atom. The molecule has 8 heteroatoms. The molecule has 1 aliphatic heterocycles. The van der Waals surface area contributed by atoms with Crippen LogP contribution >= 0.6 is 0 Å². The highest BCUT2D eigenvalue weighted by Crippen LogP contribution is 2.33. The molecule has 1 heterocycles. The number of para-hydroxylation sites is 1. The van der Waals surface area contributed by atoms with Crippen LogP contribution in [0.3, 0.4) is 0 Å². The number of nitrogens with one attached hydrogen (secondary N) is 1. The molecule has 2 atom stereocenters. The molecular weight excluding hydrogens is 492 g/mol. The number of aldehydes is 1. The van der Waals surface area contributed by atoms with Gasteiger partial charge in [-0.1, -0.05) is 37.2 Å². The Morgan fingerprint density at radius 1 is 1.13 bits per heavy atom. The molecule has 39 heavy (non-hydrogen) atoms. The Labute approximate surface area is 234 Å². The van der Waals surface area contributed by atoms with Crippen LogP contribution < -0.4 is 15.1 Å². The van der Waals surface area contributed by atoms with Crippen LogP contribution in [0.5, 0.6) is 0 Å². The summed E-state index contributed by atoms with van der Waals surface area (Å²) in [4.78, 5) is 41.7. The van der Waals surface area contributed by atoms with Crippen molar-refractivity contribution in [3.63, 3.8) is 0 Å². The zero-order chi connectivity index (χ0) is 28.0. The Bertz CT molecular complexity index is 996. The number of carbonyl (C=O) groups excluding carboxylic acids is 3. The molecule has 2 amide bonds. The number of amides is 2. The van der Waals surface area contributed by atoms with Gasteiger partial charge in [-0.05, 0) is 63.1 Å². The quantitative estimate of drug-likeness (QED) is 0.323. The molecule has 2 unspecified atom stereocenters. The number of likely N-dealkylation sites (N-methyl/N-ethyl adjacent to an activating group) is 1. The number of nitrogens with zero attached hydrogens (tertiary/aromatic N) is 3. The van der Waals surface area contributed by atoms with E-state index >= 15 is 0 Å². The fourth-order valence-electron chi connectivity index (χ4n) is 5.90. The van der Waals surface area contributed by atoms with Crippen molar-refractivity contribution in [2.24, 2.45) is 5.92 Å². The summed E-state index contributed by atoms with van der Waals surface area (Å²) in [6.07, 6.45) is 12.3. The molecule has 3 rings (SSSR count). The maximum absolute atomic E-state index is 12.6. The standard InChI is InChI=1S/C31H46N4O4/c1-32-31(38)29(17-9-21-36)35(24-37)28-16-7-13-26(30(28)33(2)3)14-10-22-39-27-15-8-19-34(20-18-27)23-25-11-5-4-6-12-25/h7,13,16,21,24-25,27,29H,4-6,8-9,11-12,15,17-20,22-23H2,1-3H3,(H,32,38). The van der Waals surface area contributed by atoms with Crippen LogP contribution in [-0.4, -0.2) is 83.0 Å². The van der Waals surface area contributed by atoms with Crippen molar-refractivity contribution in [2.45, 2.75) is 76.4 Å². The first kappa shape index (κ1) is 30.6. The van der Waals surface area contributed by atoms with E-state index in [2.05, 4.69) is 22.1 Å². The second kappa shape index (κ2) is 16.3. The molecular formula is C31H46N4O4. The van der Waals surface area contributed by atoms with E-state index in [-0.39, 0.29) is 24.9 Å². The second-order valence-corrected chi connectivity index (χ2v) is 10.9. The number of hydrogen-bond acceptors (Lipinski definition) is 6. The van der Waals surface area contributed by atoms with Crippen LogP contribution in [-0.2, 0) is 19.1 Å². The number of ether oxygens (including phenoxy) is 1. The smallest absolute Gasteiger partial charge is 0.242 e. The normalized spacial score (nSPS) is 19.2. The van der Waals surface area contributed by atoms with Gasteiger partial charge in [-0.2, -0.15) is 0 Å². The van der Waals surface area contributed by atoms with Gasteiger partial charge in [-0.25, -0.2) is 0 Å². The van der Waals surface area contributed by atoms with E-state index in [9.17, 15) is 14.4 Å². The van der Waals surface area contributed by atoms with E-state index in [0.717, 1.165) is 55.8 Å². The summed E-state index contributed by atoms with van der Waals surface area (Å²) < 4.78 is 6.18. The van der Waals surface area contributed by atoms with Crippen molar-refractivity contribution < 1.29 is 19.1 Å². The lowest BCUT2D eigenvalue weighted by Crippen LogP contribution is -2.46. The highest BCUT2D eigenvalue weighted by atomic mass is 16.5. The molecule has 0 radical (unpaired) electrons. The SMILES string of the molecule is CNC(=O)C(CCC=O)N(C=O)c1cccc(C#CCOC2CCCN(CC3CCCCC3)CC2)c1N(C)C. The summed E-state index contributed by atoms with van der Waals surface area (Å²) in [5.74, 6) is 6.96. The number of benzene rings is 1. The number of anilines is 2. The Kier molecular flexibility index (Phi) is 12.8. The molecule has 214 valence electrons. The third-order valence-corrected chi connectivity index (χ3v) is 7.92. The predicted molar refractivity (Wildman–Crippen MR) is 156 cm³/mol. The molecule has 1 saturated carbocycles. The van der Waals surface area contributed by atoms with E-state index in [1.54, 1.807) is 6.07 Å². The molecule has 2 fully saturated rings. The van der Waals surface area contributed by atoms with Gasteiger partial charge in [-0.3, -0.25) is 9.59 Å². The zero-order valence-corrected chi connectivity index (χ0v) is 24.0. The van der Waals surface area contributed by atoms with Gasteiger partial charge in [-0.15, -0.1) is 0 Å². The summed E-state index contributed by atoms with van der Waals surface area (Å²) in [7, 11) is 5.29. The average Bonchev–Trinajstić information content (AvgIpc) is 3.18. The maximum atomic E-state index is 12.6. The minimum absolute atomic E-state index is 0.177. The zero-order valence-electron chi connectivity index (χ0n) is 24.0. The van der Waals surface area contributed by atoms with Crippen LogP contribution in [0.2, 0.25) is 0 Å². The first-order chi connectivity index (χ1) is 19.0. The first-order valence-electron chi connectivity index (χ1n) is 14.5. The topological polar surface area (TPSA) is 82.2 Å². The third-order valence-electron chi connectivity index (χ3n) is 7.92. The van der Waals surface area contributed by atoms with Crippen LogP contribution in [0, 0.1) is 17.8 Å². The molecule has 0 spiro atoms. The van der Waals surface area contributed by atoms with E-state index < -0.39 is 6.04 Å². The minimum Gasteiger partial charge on any atom is -0.375 e. The lowest BCUT2D eigenvalue weighted by Gasteiger charge is -2.30. The molecule has 1 aliphatic carbocycles. The molecule has 2 aliphatic rings.